The van der Waals surface area contributed by atoms with E-state index in [0.29, 0.717) is 12.1 Å². The minimum Gasteiger partial charge on any atom is -0.382 e. The van der Waals surface area contributed by atoms with E-state index in [4.69, 9.17) is 4.74 Å². The van der Waals surface area contributed by atoms with Crippen LogP contribution in [0.1, 0.15) is 45.1 Å². The summed E-state index contributed by atoms with van der Waals surface area (Å²) in [5.41, 5.74) is 2.69. The molecule has 2 rings (SSSR count). The van der Waals surface area contributed by atoms with Gasteiger partial charge in [0.1, 0.15) is 0 Å². The molecular weight excluding hydrogens is 222 g/mol. The van der Waals surface area contributed by atoms with Gasteiger partial charge in [-0.1, -0.05) is 25.5 Å². The third-order valence-electron chi connectivity index (χ3n) is 3.63. The lowest BCUT2D eigenvalue weighted by Crippen LogP contribution is -2.32. The Kier molecular flexibility index (Phi) is 5.06. The maximum Gasteiger partial charge on any atom is 0.0566 e. The van der Waals surface area contributed by atoms with Gasteiger partial charge in [-0.15, -0.1) is 0 Å². The third kappa shape index (κ3) is 4.02. The molecule has 0 aliphatic carbocycles. The summed E-state index contributed by atoms with van der Waals surface area (Å²) in [4.78, 5) is 0. The van der Waals surface area contributed by atoms with E-state index in [9.17, 15) is 0 Å². The summed E-state index contributed by atoms with van der Waals surface area (Å²) in [7, 11) is 0. The molecule has 2 atom stereocenters. The van der Waals surface area contributed by atoms with E-state index in [0.717, 1.165) is 19.4 Å². The van der Waals surface area contributed by atoms with Crippen molar-refractivity contribution in [2.24, 2.45) is 0 Å². The zero-order chi connectivity index (χ0) is 12.8. The molecule has 0 aromatic heterocycles. The van der Waals surface area contributed by atoms with Gasteiger partial charge in [0.05, 0.1) is 6.10 Å². The molecule has 1 fully saturated rings. The van der Waals surface area contributed by atoms with Gasteiger partial charge in [-0.05, 0) is 50.3 Å². The standard InChI is InChI=1S/C16H25NO/c1-3-4-5-14-6-8-15(9-7-14)17-16-10-11-18-13(2)12-16/h6-9,13,16-17H,3-5,10-12H2,1-2H3. The Balaban J connectivity index is 1.85. The first kappa shape index (κ1) is 13.4. The van der Waals surface area contributed by atoms with Crippen molar-refractivity contribution in [3.05, 3.63) is 29.8 Å². The van der Waals surface area contributed by atoms with E-state index in [1.54, 1.807) is 0 Å². The number of unbranched alkanes of at least 4 members (excludes halogenated alkanes) is 1. The average molecular weight is 247 g/mol. The van der Waals surface area contributed by atoms with Gasteiger partial charge in [0.25, 0.3) is 0 Å². The Morgan fingerprint density at radius 3 is 2.72 bits per heavy atom. The molecule has 2 heteroatoms. The summed E-state index contributed by atoms with van der Waals surface area (Å²) in [5.74, 6) is 0. The molecule has 2 nitrogen and oxygen atoms in total. The second kappa shape index (κ2) is 6.79. The first-order chi connectivity index (χ1) is 8.78. The van der Waals surface area contributed by atoms with E-state index < -0.39 is 0 Å². The second-order valence-electron chi connectivity index (χ2n) is 5.35. The molecular formula is C16H25NO. The summed E-state index contributed by atoms with van der Waals surface area (Å²) in [6.07, 6.45) is 6.36. The molecule has 1 aliphatic rings. The van der Waals surface area contributed by atoms with Crippen molar-refractivity contribution in [1.82, 2.24) is 0 Å². The highest BCUT2D eigenvalue weighted by Crippen LogP contribution is 2.19. The number of anilines is 1. The fraction of sp³-hybridized carbons (Fsp3) is 0.625. The van der Waals surface area contributed by atoms with Gasteiger partial charge in [-0.25, -0.2) is 0 Å². The quantitative estimate of drug-likeness (QED) is 0.849. The van der Waals surface area contributed by atoms with Gasteiger partial charge >= 0.3 is 0 Å². The summed E-state index contributed by atoms with van der Waals surface area (Å²) >= 11 is 0. The van der Waals surface area contributed by atoms with Gasteiger partial charge in [-0.3, -0.25) is 0 Å². The molecule has 0 amide bonds. The molecule has 18 heavy (non-hydrogen) atoms. The summed E-state index contributed by atoms with van der Waals surface area (Å²) < 4.78 is 5.57. The zero-order valence-corrected chi connectivity index (χ0v) is 11.6. The van der Waals surface area contributed by atoms with Crippen LogP contribution in [-0.4, -0.2) is 18.8 Å². The maximum absolute atomic E-state index is 5.57. The third-order valence-corrected chi connectivity index (χ3v) is 3.63. The summed E-state index contributed by atoms with van der Waals surface area (Å²) in [6, 6.07) is 9.49. The van der Waals surface area contributed by atoms with Gasteiger partial charge in [0, 0.05) is 18.3 Å². The van der Waals surface area contributed by atoms with Crippen molar-refractivity contribution in [3.8, 4) is 0 Å². The lowest BCUT2D eigenvalue weighted by Gasteiger charge is -2.28. The molecule has 1 saturated heterocycles. The molecule has 0 radical (unpaired) electrons. The normalized spacial score (nSPS) is 23.9. The van der Waals surface area contributed by atoms with Crippen molar-refractivity contribution < 1.29 is 4.74 Å². The Hall–Kier alpha value is -1.02. The minimum absolute atomic E-state index is 0.389. The lowest BCUT2D eigenvalue weighted by atomic mass is 10.0. The van der Waals surface area contributed by atoms with E-state index >= 15 is 0 Å². The van der Waals surface area contributed by atoms with Crippen LogP contribution in [0.5, 0.6) is 0 Å². The number of benzene rings is 1. The highest BCUT2D eigenvalue weighted by atomic mass is 16.5. The molecule has 1 aliphatic heterocycles. The fourth-order valence-electron chi connectivity index (χ4n) is 2.51. The molecule has 2 unspecified atom stereocenters. The molecule has 0 bridgehead atoms. The number of nitrogens with one attached hydrogen (secondary N) is 1. The van der Waals surface area contributed by atoms with Gasteiger partial charge in [-0.2, -0.15) is 0 Å². The largest absolute Gasteiger partial charge is 0.382 e. The van der Waals surface area contributed by atoms with Crippen LogP contribution in [0.25, 0.3) is 0 Å². The van der Waals surface area contributed by atoms with Crippen LogP contribution in [0.2, 0.25) is 0 Å². The van der Waals surface area contributed by atoms with Gasteiger partial charge < -0.3 is 10.1 Å². The van der Waals surface area contributed by atoms with Crippen LogP contribution in [0, 0.1) is 0 Å². The van der Waals surface area contributed by atoms with Crippen molar-refractivity contribution in [3.63, 3.8) is 0 Å². The second-order valence-corrected chi connectivity index (χ2v) is 5.35. The van der Waals surface area contributed by atoms with Gasteiger partial charge in [0.15, 0.2) is 0 Å². The van der Waals surface area contributed by atoms with E-state index in [-0.39, 0.29) is 0 Å². The van der Waals surface area contributed by atoms with Crippen molar-refractivity contribution in [2.45, 2.75) is 58.1 Å². The van der Waals surface area contributed by atoms with E-state index in [2.05, 4.69) is 43.4 Å². The molecule has 100 valence electrons. The van der Waals surface area contributed by atoms with Crippen LogP contribution in [0.3, 0.4) is 0 Å². The molecule has 1 aromatic rings. The molecule has 0 spiro atoms. The number of rotatable bonds is 5. The molecule has 1 aromatic carbocycles. The highest BCUT2D eigenvalue weighted by molar-refractivity contribution is 5.45. The topological polar surface area (TPSA) is 21.3 Å². The molecule has 1 heterocycles. The highest BCUT2D eigenvalue weighted by Gasteiger charge is 2.18. The monoisotopic (exact) mass is 247 g/mol. The van der Waals surface area contributed by atoms with Crippen LogP contribution in [0.15, 0.2) is 24.3 Å². The average Bonchev–Trinajstić information content (AvgIpc) is 2.38. The smallest absolute Gasteiger partial charge is 0.0566 e. The Bertz CT molecular complexity index is 347. The summed E-state index contributed by atoms with van der Waals surface area (Å²) in [5, 5.41) is 3.61. The molecule has 0 saturated carbocycles. The SMILES string of the molecule is CCCCc1ccc(NC2CCOC(C)C2)cc1. The summed E-state index contributed by atoms with van der Waals surface area (Å²) in [6.45, 7) is 5.28. The van der Waals surface area contributed by atoms with Crippen molar-refractivity contribution in [1.29, 1.82) is 0 Å². The van der Waals surface area contributed by atoms with Crippen molar-refractivity contribution in [2.75, 3.05) is 11.9 Å². The van der Waals surface area contributed by atoms with Crippen LogP contribution in [0.4, 0.5) is 5.69 Å². The van der Waals surface area contributed by atoms with Crippen LogP contribution >= 0.6 is 0 Å². The number of aryl methyl sites for hydroxylation is 1. The van der Waals surface area contributed by atoms with E-state index in [1.807, 2.05) is 0 Å². The first-order valence-corrected chi connectivity index (χ1v) is 7.25. The lowest BCUT2D eigenvalue weighted by molar-refractivity contribution is 0.0232. The molecule has 1 N–H and O–H groups in total. The first-order valence-electron chi connectivity index (χ1n) is 7.25. The number of hydrogen-bond donors (Lipinski definition) is 1. The minimum atomic E-state index is 0.389. The Morgan fingerprint density at radius 2 is 2.06 bits per heavy atom. The number of hydrogen-bond acceptors (Lipinski definition) is 2. The predicted molar refractivity (Wildman–Crippen MR) is 77.1 cm³/mol. The predicted octanol–water partition coefficient (Wildman–Crippen LogP) is 4.01. The van der Waals surface area contributed by atoms with Crippen LogP contribution < -0.4 is 5.32 Å². The van der Waals surface area contributed by atoms with Gasteiger partial charge in [0.2, 0.25) is 0 Å². The Morgan fingerprint density at radius 1 is 1.28 bits per heavy atom. The maximum atomic E-state index is 5.57. The fourth-order valence-corrected chi connectivity index (χ4v) is 2.51. The Labute approximate surface area is 111 Å². The van der Waals surface area contributed by atoms with Crippen molar-refractivity contribution >= 4 is 5.69 Å². The van der Waals surface area contributed by atoms with E-state index in [1.165, 1.54) is 30.5 Å². The zero-order valence-electron chi connectivity index (χ0n) is 11.6. The van der Waals surface area contributed by atoms with Crippen LogP contribution in [-0.2, 0) is 11.2 Å². The number of ether oxygens (including phenoxy) is 1.